The van der Waals surface area contributed by atoms with E-state index in [0.717, 1.165) is 35.3 Å². The van der Waals surface area contributed by atoms with Gasteiger partial charge < -0.3 is 5.32 Å². The van der Waals surface area contributed by atoms with Crippen LogP contribution in [0.5, 0.6) is 0 Å². The molecule has 0 amide bonds. The smallest absolute Gasteiger partial charge is 0.327 e. The number of imidazole rings is 1. The van der Waals surface area contributed by atoms with Crippen LogP contribution in [0.3, 0.4) is 0 Å². The third-order valence-electron chi connectivity index (χ3n) is 4.41. The van der Waals surface area contributed by atoms with E-state index in [1.165, 1.54) is 0 Å². The Hall–Kier alpha value is -3.12. The number of pyridine rings is 1. The van der Waals surface area contributed by atoms with Crippen molar-refractivity contribution in [3.8, 4) is 0 Å². The predicted molar refractivity (Wildman–Crippen MR) is 143 cm³/mol. The minimum Gasteiger partial charge on any atom is -0.366 e. The van der Waals surface area contributed by atoms with Crippen LogP contribution in [0.1, 0.15) is 40.5 Å². The fraction of sp³-hybridized carbons (Fsp3) is 0.346. The first-order valence-electron chi connectivity index (χ1n) is 11.3. The van der Waals surface area contributed by atoms with Crippen LogP contribution in [0.25, 0.3) is 11.2 Å². The summed E-state index contributed by atoms with van der Waals surface area (Å²) in [6.45, 7) is 13.2. The second-order valence-electron chi connectivity index (χ2n) is 6.80. The molecule has 178 valence electrons. The van der Waals surface area contributed by atoms with Crippen LogP contribution in [-0.2, 0) is 6.54 Å². The highest BCUT2D eigenvalue weighted by Gasteiger charge is 2.07. The molecule has 2 aromatic heterocycles. The van der Waals surface area contributed by atoms with Gasteiger partial charge in [0.1, 0.15) is 5.84 Å². The average Bonchev–Trinajstić information content (AvgIpc) is 3.14. The van der Waals surface area contributed by atoms with Gasteiger partial charge in [-0.15, -0.1) is 0 Å². The maximum atomic E-state index is 12.2. The highest BCUT2D eigenvalue weighted by molar-refractivity contribution is 6.31. The molecule has 0 aromatic carbocycles. The first-order valence-corrected chi connectivity index (χ1v) is 11.7. The molecule has 2 aromatic rings. The van der Waals surface area contributed by atoms with Crippen molar-refractivity contribution in [3.05, 3.63) is 88.0 Å². The summed E-state index contributed by atoms with van der Waals surface area (Å²) in [6.07, 6.45) is 15.2. The zero-order chi connectivity index (χ0) is 24.6. The second-order valence-corrected chi connectivity index (χ2v) is 7.24. The van der Waals surface area contributed by atoms with Gasteiger partial charge in [-0.05, 0) is 42.7 Å². The number of fused-ring (bicyclic) bond motifs is 1. The van der Waals surface area contributed by atoms with Crippen molar-refractivity contribution < 1.29 is 0 Å². The molecule has 33 heavy (non-hydrogen) atoms. The molecule has 0 spiro atoms. The maximum absolute atomic E-state index is 12.2. The molecular formula is C26H36ClN5O. The number of aromatic nitrogens is 3. The summed E-state index contributed by atoms with van der Waals surface area (Å²) in [4.78, 5) is 23.6. The Morgan fingerprint density at radius 2 is 2.00 bits per heavy atom. The van der Waals surface area contributed by atoms with Crippen LogP contribution in [-0.4, -0.2) is 34.0 Å². The summed E-state index contributed by atoms with van der Waals surface area (Å²) in [7, 11) is 1.75. The van der Waals surface area contributed by atoms with Crippen LogP contribution in [0.15, 0.2) is 87.3 Å². The van der Waals surface area contributed by atoms with Gasteiger partial charge in [0.2, 0.25) is 0 Å². The van der Waals surface area contributed by atoms with E-state index >= 15 is 0 Å². The van der Waals surface area contributed by atoms with Crippen LogP contribution in [0.4, 0.5) is 0 Å². The van der Waals surface area contributed by atoms with E-state index in [2.05, 4.69) is 46.8 Å². The third kappa shape index (κ3) is 9.10. The second kappa shape index (κ2) is 15.6. The molecule has 0 fully saturated rings. The number of nitrogens with one attached hydrogen (secondary N) is 2. The van der Waals surface area contributed by atoms with Gasteiger partial charge in [0.15, 0.2) is 5.65 Å². The number of aromatic amines is 1. The molecule has 0 atom stereocenters. The van der Waals surface area contributed by atoms with E-state index in [9.17, 15) is 4.79 Å². The highest BCUT2D eigenvalue weighted by Crippen LogP contribution is 2.10. The largest absolute Gasteiger partial charge is 0.366 e. The van der Waals surface area contributed by atoms with E-state index in [0.29, 0.717) is 23.8 Å². The number of aliphatic imine (C=N–C) groups is 1. The molecule has 2 N–H and O–H groups in total. The van der Waals surface area contributed by atoms with Gasteiger partial charge in [-0.2, -0.15) is 0 Å². The van der Waals surface area contributed by atoms with Crippen LogP contribution in [0, 0.1) is 0 Å². The minimum absolute atomic E-state index is 0.203. The van der Waals surface area contributed by atoms with Crippen LogP contribution >= 0.6 is 11.6 Å². The van der Waals surface area contributed by atoms with Crippen molar-refractivity contribution in [1.82, 2.24) is 19.9 Å². The van der Waals surface area contributed by atoms with E-state index in [-0.39, 0.29) is 5.69 Å². The van der Waals surface area contributed by atoms with Gasteiger partial charge >= 0.3 is 5.69 Å². The molecule has 2 heterocycles. The normalized spacial score (nSPS) is 13.0. The molecule has 7 heteroatoms. The van der Waals surface area contributed by atoms with Crippen molar-refractivity contribution in [3.63, 3.8) is 0 Å². The summed E-state index contributed by atoms with van der Waals surface area (Å²) in [6, 6.07) is 3.67. The monoisotopic (exact) mass is 469 g/mol. The number of hydrogen-bond donors (Lipinski definition) is 2. The first kappa shape index (κ1) is 27.9. The fourth-order valence-electron chi connectivity index (χ4n) is 2.93. The van der Waals surface area contributed by atoms with Gasteiger partial charge in [-0.1, -0.05) is 70.2 Å². The van der Waals surface area contributed by atoms with Gasteiger partial charge in [0.05, 0.1) is 12.1 Å². The quantitative estimate of drug-likeness (QED) is 0.258. The maximum Gasteiger partial charge on any atom is 0.327 e. The minimum atomic E-state index is -0.203. The third-order valence-corrected chi connectivity index (χ3v) is 4.69. The van der Waals surface area contributed by atoms with Gasteiger partial charge in [-0.3, -0.25) is 14.5 Å². The zero-order valence-electron chi connectivity index (χ0n) is 20.4. The summed E-state index contributed by atoms with van der Waals surface area (Å²) in [5.41, 5.74) is 2.86. The fourth-order valence-corrected chi connectivity index (χ4v) is 3.09. The Balaban J connectivity index is 0.00000265. The van der Waals surface area contributed by atoms with Crippen molar-refractivity contribution >= 4 is 28.6 Å². The molecule has 0 radical (unpaired) electrons. The number of H-pyrrole nitrogens is 1. The molecule has 0 bridgehead atoms. The van der Waals surface area contributed by atoms with Crippen molar-refractivity contribution in [2.75, 3.05) is 13.6 Å². The summed E-state index contributed by atoms with van der Waals surface area (Å²) in [5, 5.41) is 3.99. The first-order chi connectivity index (χ1) is 16.0. The average molecular weight is 470 g/mol. The number of nitrogens with zero attached hydrogens (tertiary/aromatic N) is 3. The standard InChI is InChI=1S/C24H30ClN5O.C2H6/c1-5-7-10-20(25)14-16-28-22(26-4)19(9-6-2)13-12-18(3)17-30-21-11-8-15-27-23(21)29-24(30)31;1-2/h7-15H,3,5-6,16-17H2,1-2,4H3,(H,26,28)(H,27,29,31);1-2H3/b10-7-,13-12-,19-9+,20-14+;. The predicted octanol–water partition coefficient (Wildman–Crippen LogP) is 5.91. The Kier molecular flexibility index (Phi) is 13.2. The Bertz CT molecular complexity index is 1100. The van der Waals surface area contributed by atoms with E-state index in [1.54, 1.807) is 23.9 Å². The Morgan fingerprint density at radius 1 is 1.24 bits per heavy atom. The molecule has 0 aliphatic heterocycles. The Morgan fingerprint density at radius 3 is 2.67 bits per heavy atom. The van der Waals surface area contributed by atoms with Crippen molar-refractivity contribution in [1.29, 1.82) is 0 Å². The zero-order valence-corrected chi connectivity index (χ0v) is 21.1. The number of amidine groups is 1. The van der Waals surface area contributed by atoms with Gasteiger partial charge in [-0.25, -0.2) is 9.78 Å². The molecule has 0 saturated heterocycles. The molecule has 2 rings (SSSR count). The topological polar surface area (TPSA) is 75.1 Å². The number of allylic oxidation sites excluding steroid dienone is 6. The highest BCUT2D eigenvalue weighted by atomic mass is 35.5. The lowest BCUT2D eigenvalue weighted by Crippen LogP contribution is -2.25. The summed E-state index contributed by atoms with van der Waals surface area (Å²) < 4.78 is 1.63. The summed E-state index contributed by atoms with van der Waals surface area (Å²) in [5.74, 6) is 0.763. The lowest BCUT2D eigenvalue weighted by molar-refractivity contribution is 0.788. The molecule has 0 aliphatic rings. The van der Waals surface area contributed by atoms with E-state index in [4.69, 9.17) is 11.6 Å². The van der Waals surface area contributed by atoms with Gasteiger partial charge in [0.25, 0.3) is 0 Å². The molecule has 0 unspecified atom stereocenters. The molecule has 0 saturated carbocycles. The van der Waals surface area contributed by atoms with Gasteiger partial charge in [0, 0.05) is 30.4 Å². The van der Waals surface area contributed by atoms with E-state index in [1.807, 2.05) is 50.3 Å². The summed E-state index contributed by atoms with van der Waals surface area (Å²) >= 11 is 6.17. The van der Waals surface area contributed by atoms with E-state index < -0.39 is 0 Å². The van der Waals surface area contributed by atoms with Crippen LogP contribution in [0.2, 0.25) is 0 Å². The SMILES string of the molecule is C=C(/C=C\C(=C/CC)C(=NC)NC/C=C(Cl)\C=C/CC)Cn1c(=O)[nH]c2ncccc21.CC. The lowest BCUT2D eigenvalue weighted by Gasteiger charge is -2.09. The molecule has 0 aliphatic carbocycles. The number of rotatable bonds is 10. The Labute approximate surface area is 202 Å². The lowest BCUT2D eigenvalue weighted by atomic mass is 10.1. The van der Waals surface area contributed by atoms with Crippen molar-refractivity contribution in [2.24, 2.45) is 4.99 Å². The number of hydrogen-bond acceptors (Lipinski definition) is 3. The van der Waals surface area contributed by atoms with Crippen LogP contribution < -0.4 is 11.0 Å². The molecule has 6 nitrogen and oxygen atoms in total. The molecular weight excluding hydrogens is 434 g/mol. The van der Waals surface area contributed by atoms with Crippen molar-refractivity contribution in [2.45, 2.75) is 47.1 Å². The number of halogens is 1.